The number of nitrogens with zero attached hydrogens (tertiary/aromatic N) is 2. The summed E-state index contributed by atoms with van der Waals surface area (Å²) < 4.78 is 8.21. The third-order valence-corrected chi connectivity index (χ3v) is 5.20. The molecule has 4 rings (SSSR count). The second-order valence-electron chi connectivity index (χ2n) is 6.78. The first kappa shape index (κ1) is 18.5. The van der Waals surface area contributed by atoms with Gasteiger partial charge in [-0.3, -0.25) is 4.99 Å². The van der Waals surface area contributed by atoms with E-state index in [1.807, 2.05) is 7.05 Å². The van der Waals surface area contributed by atoms with E-state index in [0.29, 0.717) is 18.2 Å². The smallest absolute Gasteiger partial charge is 0.191 e. The molecule has 25 heavy (non-hydrogen) atoms. The van der Waals surface area contributed by atoms with E-state index in [1.165, 1.54) is 23.7 Å². The molecule has 2 N–H and O–H groups in total. The lowest BCUT2D eigenvalue weighted by molar-refractivity contribution is 0.0992. The predicted molar refractivity (Wildman–Crippen MR) is 113 cm³/mol. The van der Waals surface area contributed by atoms with Crippen LogP contribution in [0, 0.1) is 0 Å². The molecule has 3 atom stereocenters. The number of aromatic nitrogens is 1. The summed E-state index contributed by atoms with van der Waals surface area (Å²) >= 11 is 0. The minimum Gasteiger partial charge on any atom is -0.373 e. The van der Waals surface area contributed by atoms with Crippen LogP contribution in [0.25, 0.3) is 10.9 Å². The zero-order chi connectivity index (χ0) is 16.4. The number of benzene rings is 1. The van der Waals surface area contributed by atoms with Crippen molar-refractivity contribution in [2.24, 2.45) is 4.99 Å². The van der Waals surface area contributed by atoms with Gasteiger partial charge < -0.3 is 19.9 Å². The number of hydrogen-bond donors (Lipinski definition) is 2. The molecule has 2 aliphatic rings. The maximum Gasteiger partial charge on any atom is 0.191 e. The average Bonchev–Trinajstić information content (AvgIpc) is 3.33. The van der Waals surface area contributed by atoms with Crippen molar-refractivity contribution in [1.82, 2.24) is 15.2 Å². The average molecular weight is 454 g/mol. The van der Waals surface area contributed by atoms with Gasteiger partial charge in [-0.15, -0.1) is 24.0 Å². The molecular weight excluding hydrogens is 427 g/mol. The third-order valence-electron chi connectivity index (χ3n) is 5.20. The van der Waals surface area contributed by atoms with E-state index in [1.54, 1.807) is 0 Å². The van der Waals surface area contributed by atoms with Gasteiger partial charge in [0.05, 0.1) is 18.2 Å². The van der Waals surface area contributed by atoms with Gasteiger partial charge in [0.1, 0.15) is 0 Å². The fourth-order valence-corrected chi connectivity index (χ4v) is 3.95. The summed E-state index contributed by atoms with van der Waals surface area (Å²) in [6.07, 6.45) is 7.59. The van der Waals surface area contributed by atoms with Gasteiger partial charge in [0.2, 0.25) is 0 Å². The lowest BCUT2D eigenvalue weighted by Crippen LogP contribution is -2.47. The molecule has 3 unspecified atom stereocenters. The first-order valence-electron chi connectivity index (χ1n) is 9.00. The van der Waals surface area contributed by atoms with Crippen LogP contribution in [0.1, 0.15) is 25.7 Å². The van der Waals surface area contributed by atoms with E-state index >= 15 is 0 Å². The zero-order valence-electron chi connectivity index (χ0n) is 14.6. The lowest BCUT2D eigenvalue weighted by Gasteiger charge is -2.22. The maximum atomic E-state index is 5.90. The number of rotatable bonds is 5. The van der Waals surface area contributed by atoms with Crippen molar-refractivity contribution < 1.29 is 4.74 Å². The molecule has 0 saturated carbocycles. The second-order valence-corrected chi connectivity index (χ2v) is 6.78. The monoisotopic (exact) mass is 454 g/mol. The normalized spacial score (nSPS) is 25.2. The highest BCUT2D eigenvalue weighted by molar-refractivity contribution is 14.0. The predicted octanol–water partition coefficient (Wildman–Crippen LogP) is 3.13. The summed E-state index contributed by atoms with van der Waals surface area (Å²) in [5.74, 6) is 0.897. The van der Waals surface area contributed by atoms with Crippen molar-refractivity contribution in [2.75, 3.05) is 13.6 Å². The summed E-state index contributed by atoms with van der Waals surface area (Å²) in [6, 6.07) is 11.1. The summed E-state index contributed by atoms with van der Waals surface area (Å²) in [5.41, 5.74) is 1.30. The Labute approximate surface area is 166 Å². The molecule has 6 heteroatoms. The van der Waals surface area contributed by atoms with E-state index in [4.69, 9.17) is 4.74 Å². The van der Waals surface area contributed by atoms with Gasteiger partial charge in [-0.1, -0.05) is 18.2 Å². The van der Waals surface area contributed by atoms with Crippen LogP contribution in [-0.4, -0.2) is 42.4 Å². The van der Waals surface area contributed by atoms with Crippen molar-refractivity contribution in [1.29, 1.82) is 0 Å². The fraction of sp³-hybridized carbons (Fsp3) is 0.526. The first-order valence-corrected chi connectivity index (χ1v) is 9.00. The van der Waals surface area contributed by atoms with Gasteiger partial charge >= 0.3 is 0 Å². The topological polar surface area (TPSA) is 50.6 Å². The minimum atomic E-state index is 0. The number of aliphatic imine (C=N–C) groups is 1. The molecular formula is C19H27IN4O. The quantitative estimate of drug-likeness (QED) is 0.316. The number of nitrogens with one attached hydrogen (secondary N) is 2. The number of fused-ring (bicyclic) bond motifs is 3. The Bertz CT molecular complexity index is 729. The number of aryl methyl sites for hydroxylation is 1. The van der Waals surface area contributed by atoms with Crippen LogP contribution in [0.15, 0.2) is 41.5 Å². The summed E-state index contributed by atoms with van der Waals surface area (Å²) in [7, 11) is 1.84. The molecule has 5 nitrogen and oxygen atoms in total. The third kappa shape index (κ3) is 4.11. The Kier molecular flexibility index (Phi) is 6.22. The molecule has 2 aromatic rings. The SMILES string of the molecule is CN=C(NCCCn1ccc2ccccc21)NC1CC2CCC1O2.I. The van der Waals surface area contributed by atoms with Gasteiger partial charge in [-0.05, 0) is 43.2 Å². The van der Waals surface area contributed by atoms with E-state index < -0.39 is 0 Å². The molecule has 0 amide bonds. The molecule has 1 aromatic carbocycles. The highest BCUT2D eigenvalue weighted by atomic mass is 127. The number of para-hydroxylation sites is 1. The standard InChI is InChI=1S/C19H26N4O.HI/c1-20-19(22-16-13-15-7-8-18(16)24-15)21-10-4-11-23-12-9-14-5-2-3-6-17(14)23;/h2-3,5-6,9,12,15-16,18H,4,7-8,10-11,13H2,1H3,(H2,20,21,22);1H. The van der Waals surface area contributed by atoms with Crippen molar-refractivity contribution in [3.63, 3.8) is 0 Å². The van der Waals surface area contributed by atoms with E-state index in [0.717, 1.165) is 31.9 Å². The number of guanidine groups is 1. The Morgan fingerprint density at radius 2 is 2.16 bits per heavy atom. The summed E-state index contributed by atoms with van der Waals surface area (Å²) in [5, 5.41) is 8.27. The Morgan fingerprint density at radius 3 is 2.92 bits per heavy atom. The largest absolute Gasteiger partial charge is 0.373 e. The maximum absolute atomic E-state index is 5.90. The molecule has 2 aliphatic heterocycles. The van der Waals surface area contributed by atoms with Gasteiger partial charge in [0, 0.05) is 31.9 Å². The van der Waals surface area contributed by atoms with Gasteiger partial charge in [0.15, 0.2) is 5.96 Å². The van der Waals surface area contributed by atoms with E-state index in [-0.39, 0.29) is 24.0 Å². The van der Waals surface area contributed by atoms with Crippen molar-refractivity contribution in [2.45, 2.75) is 50.5 Å². The summed E-state index contributed by atoms with van der Waals surface area (Å²) in [6.45, 7) is 1.92. The zero-order valence-corrected chi connectivity index (χ0v) is 17.0. The van der Waals surface area contributed by atoms with Crippen LogP contribution in [-0.2, 0) is 11.3 Å². The van der Waals surface area contributed by atoms with Crippen LogP contribution in [0.3, 0.4) is 0 Å². The van der Waals surface area contributed by atoms with Crippen LogP contribution in [0.5, 0.6) is 0 Å². The fourth-order valence-electron chi connectivity index (χ4n) is 3.95. The van der Waals surface area contributed by atoms with E-state index in [9.17, 15) is 0 Å². The molecule has 136 valence electrons. The second kappa shape index (κ2) is 8.40. The van der Waals surface area contributed by atoms with Crippen molar-refractivity contribution in [3.8, 4) is 0 Å². The molecule has 1 aromatic heterocycles. The molecule has 2 saturated heterocycles. The van der Waals surface area contributed by atoms with Crippen LogP contribution in [0.4, 0.5) is 0 Å². The Balaban J connectivity index is 0.00000182. The van der Waals surface area contributed by atoms with Gasteiger partial charge in [0.25, 0.3) is 0 Å². The first-order chi connectivity index (χ1) is 11.8. The van der Waals surface area contributed by atoms with Crippen molar-refractivity contribution in [3.05, 3.63) is 36.5 Å². The lowest BCUT2D eigenvalue weighted by atomic mass is 9.96. The van der Waals surface area contributed by atoms with Crippen molar-refractivity contribution >= 4 is 40.8 Å². The highest BCUT2D eigenvalue weighted by Gasteiger charge is 2.41. The summed E-state index contributed by atoms with van der Waals surface area (Å²) in [4.78, 5) is 4.35. The van der Waals surface area contributed by atoms with Gasteiger partial charge in [-0.25, -0.2) is 0 Å². The number of hydrogen-bond acceptors (Lipinski definition) is 2. The van der Waals surface area contributed by atoms with Gasteiger partial charge in [-0.2, -0.15) is 0 Å². The Morgan fingerprint density at radius 1 is 1.28 bits per heavy atom. The van der Waals surface area contributed by atoms with Crippen LogP contribution >= 0.6 is 24.0 Å². The molecule has 0 aliphatic carbocycles. The number of halogens is 1. The molecule has 3 heterocycles. The van der Waals surface area contributed by atoms with Crippen LogP contribution in [0.2, 0.25) is 0 Å². The molecule has 0 radical (unpaired) electrons. The number of ether oxygens (including phenoxy) is 1. The molecule has 2 fully saturated rings. The minimum absolute atomic E-state index is 0. The van der Waals surface area contributed by atoms with E-state index in [2.05, 4.69) is 56.7 Å². The highest BCUT2D eigenvalue weighted by Crippen LogP contribution is 2.34. The molecule has 2 bridgehead atoms. The molecule has 0 spiro atoms. The Hall–Kier alpha value is -1.28. The van der Waals surface area contributed by atoms with Crippen LogP contribution < -0.4 is 10.6 Å².